The van der Waals surface area contributed by atoms with E-state index in [2.05, 4.69) is 137 Å². The van der Waals surface area contributed by atoms with Crippen molar-refractivity contribution in [1.82, 2.24) is 0 Å². The van der Waals surface area contributed by atoms with Crippen LogP contribution in [0.15, 0.2) is 137 Å². The van der Waals surface area contributed by atoms with Crippen molar-refractivity contribution in [2.24, 2.45) is 11.8 Å². The molecule has 200 valence electrons. The minimum atomic E-state index is -0.0991. The standard InChI is InChI=1S/C42H32/c1-41(2)33-22-32-34(42(3,4)40-29-15-8-6-13-27(29)26-12-5-7-14-28(26)39(32)40)21-31(33)38-30-19-18-24-11-9-10-23-16-17-25(20-35(38)41)37(30)36(23)24/h5-22,36-37H,1-4H3. The lowest BCUT2D eigenvalue weighted by Gasteiger charge is -2.42. The Balaban J connectivity index is 1.30. The Labute approximate surface area is 247 Å². The summed E-state index contributed by atoms with van der Waals surface area (Å²) in [5, 5.41) is 5.49. The number of hydrogen-bond acceptors (Lipinski definition) is 0. The number of benzene rings is 4. The summed E-state index contributed by atoms with van der Waals surface area (Å²) in [6.45, 7) is 9.80. The van der Waals surface area contributed by atoms with Gasteiger partial charge >= 0.3 is 0 Å². The third-order valence-corrected chi connectivity index (χ3v) is 11.4. The van der Waals surface area contributed by atoms with E-state index in [0.29, 0.717) is 11.8 Å². The normalized spacial score (nSPS) is 24.4. The molecule has 2 unspecified atom stereocenters. The molecule has 0 aliphatic heterocycles. The van der Waals surface area contributed by atoms with E-state index in [4.69, 9.17) is 0 Å². The highest BCUT2D eigenvalue weighted by atomic mass is 14.5. The van der Waals surface area contributed by atoms with Crippen molar-refractivity contribution in [1.29, 1.82) is 0 Å². The zero-order valence-electron chi connectivity index (χ0n) is 24.5. The fourth-order valence-electron chi connectivity index (χ4n) is 9.47. The van der Waals surface area contributed by atoms with Crippen molar-refractivity contribution in [2.45, 2.75) is 38.5 Å². The van der Waals surface area contributed by atoms with Crippen LogP contribution >= 0.6 is 0 Å². The first kappa shape index (κ1) is 23.2. The van der Waals surface area contributed by atoms with Crippen molar-refractivity contribution in [3.63, 3.8) is 0 Å². The molecule has 6 aliphatic rings. The molecule has 0 saturated heterocycles. The molecule has 0 radical (unpaired) electrons. The molecule has 0 amide bonds. The van der Waals surface area contributed by atoms with Gasteiger partial charge in [0.2, 0.25) is 0 Å². The molecule has 0 heterocycles. The summed E-state index contributed by atoms with van der Waals surface area (Å²) in [5.41, 5.74) is 17.4. The lowest BCUT2D eigenvalue weighted by Crippen LogP contribution is -2.30. The third kappa shape index (κ3) is 2.53. The summed E-state index contributed by atoms with van der Waals surface area (Å²) in [4.78, 5) is 0. The lowest BCUT2D eigenvalue weighted by molar-refractivity contribution is 0.559. The second kappa shape index (κ2) is 7.31. The molecule has 4 aromatic carbocycles. The minimum absolute atomic E-state index is 0.0710. The Bertz CT molecular complexity index is 2230. The Morgan fingerprint density at radius 2 is 1.21 bits per heavy atom. The number of rotatable bonds is 0. The SMILES string of the molecule is CC1(C)C2=CC3=CC=C4C=CC=C5C=CC(=C2c2cc6c(cc21)-c1c(c2ccccc2c2ccccc12)C6(C)C)C3C54. The van der Waals surface area contributed by atoms with Gasteiger partial charge in [0.05, 0.1) is 0 Å². The molecule has 42 heavy (non-hydrogen) atoms. The molecule has 0 nitrogen and oxygen atoms in total. The van der Waals surface area contributed by atoms with Crippen molar-refractivity contribution >= 4 is 27.1 Å². The summed E-state index contributed by atoms with van der Waals surface area (Å²) in [5.74, 6) is 0.832. The smallest absolute Gasteiger partial charge is 0.0205 e. The first-order chi connectivity index (χ1) is 20.4. The van der Waals surface area contributed by atoms with Gasteiger partial charge in [-0.2, -0.15) is 0 Å². The Kier molecular flexibility index (Phi) is 4.04. The van der Waals surface area contributed by atoms with Gasteiger partial charge in [-0.15, -0.1) is 0 Å². The van der Waals surface area contributed by atoms with Crippen LogP contribution in [0, 0.1) is 11.8 Å². The predicted molar refractivity (Wildman–Crippen MR) is 177 cm³/mol. The fraction of sp³-hybridized carbons (Fsp3) is 0.190. The van der Waals surface area contributed by atoms with Gasteiger partial charge in [-0.1, -0.05) is 125 Å². The van der Waals surface area contributed by atoms with Crippen LogP contribution in [0.1, 0.15) is 49.9 Å². The van der Waals surface area contributed by atoms with Gasteiger partial charge in [0.25, 0.3) is 0 Å². The zero-order valence-corrected chi connectivity index (χ0v) is 24.5. The third-order valence-electron chi connectivity index (χ3n) is 11.4. The predicted octanol–water partition coefficient (Wildman–Crippen LogP) is 10.4. The van der Waals surface area contributed by atoms with Crippen LogP contribution in [-0.4, -0.2) is 0 Å². The van der Waals surface area contributed by atoms with E-state index in [1.807, 2.05) is 0 Å². The van der Waals surface area contributed by atoms with E-state index in [1.165, 1.54) is 88.4 Å². The number of allylic oxidation sites excluding steroid dienone is 14. The molecule has 0 heteroatoms. The van der Waals surface area contributed by atoms with Crippen LogP contribution in [0.5, 0.6) is 0 Å². The van der Waals surface area contributed by atoms with Gasteiger partial charge in [0.15, 0.2) is 0 Å². The van der Waals surface area contributed by atoms with E-state index in [-0.39, 0.29) is 10.8 Å². The quantitative estimate of drug-likeness (QED) is 0.196. The van der Waals surface area contributed by atoms with Gasteiger partial charge in [0.1, 0.15) is 0 Å². The molecular weight excluding hydrogens is 504 g/mol. The van der Waals surface area contributed by atoms with Crippen LogP contribution in [-0.2, 0) is 10.8 Å². The number of fused-ring (bicyclic) bond motifs is 11. The molecular formula is C42H32. The van der Waals surface area contributed by atoms with Crippen molar-refractivity contribution in [3.8, 4) is 11.1 Å². The van der Waals surface area contributed by atoms with Crippen molar-refractivity contribution < 1.29 is 0 Å². The van der Waals surface area contributed by atoms with Crippen molar-refractivity contribution in [2.75, 3.05) is 0 Å². The molecule has 0 aromatic heterocycles. The fourth-order valence-corrected chi connectivity index (χ4v) is 9.47. The van der Waals surface area contributed by atoms with E-state index >= 15 is 0 Å². The molecule has 0 saturated carbocycles. The summed E-state index contributed by atoms with van der Waals surface area (Å²) >= 11 is 0. The van der Waals surface area contributed by atoms with E-state index in [9.17, 15) is 0 Å². The number of hydrogen-bond donors (Lipinski definition) is 0. The van der Waals surface area contributed by atoms with Crippen molar-refractivity contribution in [3.05, 3.63) is 159 Å². The highest BCUT2D eigenvalue weighted by molar-refractivity contribution is 6.18. The van der Waals surface area contributed by atoms with E-state index in [0.717, 1.165) is 0 Å². The summed E-state index contributed by atoms with van der Waals surface area (Å²) < 4.78 is 0. The van der Waals surface area contributed by atoms with E-state index < -0.39 is 0 Å². The summed E-state index contributed by atoms with van der Waals surface area (Å²) in [6.07, 6.45) is 19.0. The second-order valence-corrected chi connectivity index (χ2v) is 14.1. The molecule has 4 aromatic rings. The van der Waals surface area contributed by atoms with Crippen LogP contribution in [0.2, 0.25) is 0 Å². The maximum Gasteiger partial charge on any atom is 0.0205 e. The van der Waals surface area contributed by atoms with Gasteiger partial charge in [-0.3, -0.25) is 0 Å². The van der Waals surface area contributed by atoms with E-state index in [1.54, 1.807) is 0 Å². The van der Waals surface area contributed by atoms with Crippen LogP contribution in [0.25, 0.3) is 38.2 Å². The highest BCUT2D eigenvalue weighted by Crippen LogP contribution is 2.63. The van der Waals surface area contributed by atoms with Gasteiger partial charge in [-0.25, -0.2) is 0 Å². The molecule has 0 N–H and O–H groups in total. The summed E-state index contributed by atoms with van der Waals surface area (Å²) in [6, 6.07) is 23.3. The van der Waals surface area contributed by atoms with Crippen LogP contribution in [0.4, 0.5) is 0 Å². The maximum atomic E-state index is 2.60. The Hall–Kier alpha value is -4.42. The molecule has 0 spiro atoms. The van der Waals surface area contributed by atoms with Gasteiger partial charge in [0, 0.05) is 22.7 Å². The first-order valence-corrected chi connectivity index (χ1v) is 15.4. The average Bonchev–Trinajstić information content (AvgIpc) is 3.38. The Morgan fingerprint density at radius 1 is 0.571 bits per heavy atom. The van der Waals surface area contributed by atoms with Gasteiger partial charge in [-0.05, 0) is 100 Å². The topological polar surface area (TPSA) is 0 Å². The maximum absolute atomic E-state index is 2.60. The second-order valence-electron chi connectivity index (χ2n) is 14.1. The summed E-state index contributed by atoms with van der Waals surface area (Å²) in [7, 11) is 0. The highest BCUT2D eigenvalue weighted by Gasteiger charge is 2.49. The minimum Gasteiger partial charge on any atom is -0.0617 e. The van der Waals surface area contributed by atoms with Crippen LogP contribution in [0.3, 0.4) is 0 Å². The molecule has 2 atom stereocenters. The molecule has 0 fully saturated rings. The largest absolute Gasteiger partial charge is 0.0617 e. The Morgan fingerprint density at radius 3 is 2.02 bits per heavy atom. The molecule has 6 aliphatic carbocycles. The lowest BCUT2D eigenvalue weighted by atomic mass is 9.61. The molecule has 0 bridgehead atoms. The average molecular weight is 537 g/mol. The van der Waals surface area contributed by atoms with Gasteiger partial charge < -0.3 is 0 Å². The zero-order chi connectivity index (χ0) is 28.1. The van der Waals surface area contributed by atoms with Crippen LogP contribution < -0.4 is 0 Å². The molecule has 10 rings (SSSR count). The first-order valence-electron chi connectivity index (χ1n) is 15.4. The monoisotopic (exact) mass is 536 g/mol.